The lowest BCUT2D eigenvalue weighted by Gasteiger charge is -2.28. The molecule has 5 nitrogen and oxygen atoms in total. The van der Waals surface area contributed by atoms with Crippen molar-refractivity contribution in [1.29, 1.82) is 0 Å². The second-order valence-corrected chi connectivity index (χ2v) is 6.41. The minimum Gasteiger partial charge on any atom is -0.348 e. The Hall–Kier alpha value is -1.75. The number of nitrogens with one attached hydrogen (secondary N) is 1. The van der Waals surface area contributed by atoms with E-state index in [2.05, 4.69) is 40.6 Å². The van der Waals surface area contributed by atoms with Gasteiger partial charge in [0.2, 0.25) is 0 Å². The van der Waals surface area contributed by atoms with Crippen molar-refractivity contribution >= 4 is 0 Å². The quantitative estimate of drug-likeness (QED) is 0.908. The SMILES string of the molecule is CC(C)(C)c1ncc2c(n1)CN(Cc1ncc[nH]1)CC2. The van der Waals surface area contributed by atoms with Gasteiger partial charge in [0.25, 0.3) is 0 Å². The molecule has 0 amide bonds. The van der Waals surface area contributed by atoms with Crippen LogP contribution in [0.15, 0.2) is 18.6 Å². The van der Waals surface area contributed by atoms with Crippen molar-refractivity contribution in [1.82, 2.24) is 24.8 Å². The van der Waals surface area contributed by atoms with Crippen LogP contribution in [0, 0.1) is 0 Å². The van der Waals surface area contributed by atoms with E-state index in [9.17, 15) is 0 Å². The number of rotatable bonds is 2. The van der Waals surface area contributed by atoms with E-state index in [0.29, 0.717) is 0 Å². The fourth-order valence-corrected chi connectivity index (χ4v) is 2.45. The van der Waals surface area contributed by atoms with Gasteiger partial charge in [-0.2, -0.15) is 0 Å². The van der Waals surface area contributed by atoms with Crippen molar-refractivity contribution in [3.63, 3.8) is 0 Å². The molecule has 0 spiro atoms. The van der Waals surface area contributed by atoms with Gasteiger partial charge in [-0.1, -0.05) is 20.8 Å². The van der Waals surface area contributed by atoms with Crippen LogP contribution in [-0.4, -0.2) is 31.4 Å². The van der Waals surface area contributed by atoms with Gasteiger partial charge in [0.15, 0.2) is 0 Å². The molecule has 3 rings (SSSR count). The molecule has 0 aliphatic carbocycles. The summed E-state index contributed by atoms with van der Waals surface area (Å²) in [5.74, 6) is 1.94. The molecule has 0 saturated heterocycles. The summed E-state index contributed by atoms with van der Waals surface area (Å²) in [6.07, 6.45) is 6.69. The molecular weight excluding hydrogens is 250 g/mol. The first-order chi connectivity index (χ1) is 9.52. The maximum absolute atomic E-state index is 4.78. The Labute approximate surface area is 119 Å². The van der Waals surface area contributed by atoms with Gasteiger partial charge >= 0.3 is 0 Å². The number of aromatic amines is 1. The lowest BCUT2D eigenvalue weighted by atomic mass is 9.95. The lowest BCUT2D eigenvalue weighted by Crippen LogP contribution is -2.32. The second-order valence-electron chi connectivity index (χ2n) is 6.41. The molecule has 0 radical (unpaired) electrons. The Bertz CT molecular complexity index is 583. The van der Waals surface area contributed by atoms with Crippen molar-refractivity contribution in [2.45, 2.75) is 45.7 Å². The Morgan fingerprint density at radius 1 is 1.30 bits per heavy atom. The van der Waals surface area contributed by atoms with Crippen LogP contribution in [0.2, 0.25) is 0 Å². The minimum atomic E-state index is -0.00167. The molecule has 3 heterocycles. The molecule has 20 heavy (non-hydrogen) atoms. The summed E-state index contributed by atoms with van der Waals surface area (Å²) in [7, 11) is 0. The van der Waals surface area contributed by atoms with Crippen molar-refractivity contribution in [2.75, 3.05) is 6.54 Å². The zero-order chi connectivity index (χ0) is 14.2. The number of H-pyrrole nitrogens is 1. The Balaban J connectivity index is 1.79. The van der Waals surface area contributed by atoms with Gasteiger partial charge in [0.1, 0.15) is 11.6 Å². The first kappa shape index (κ1) is 13.2. The summed E-state index contributed by atoms with van der Waals surface area (Å²) >= 11 is 0. The highest BCUT2D eigenvalue weighted by molar-refractivity contribution is 5.22. The van der Waals surface area contributed by atoms with Gasteiger partial charge in [-0.15, -0.1) is 0 Å². The first-order valence-electron chi connectivity index (χ1n) is 7.08. The predicted molar refractivity (Wildman–Crippen MR) is 77.1 cm³/mol. The molecule has 106 valence electrons. The fourth-order valence-electron chi connectivity index (χ4n) is 2.45. The summed E-state index contributed by atoms with van der Waals surface area (Å²) in [5, 5.41) is 0. The zero-order valence-electron chi connectivity index (χ0n) is 12.3. The predicted octanol–water partition coefficient (Wildman–Crippen LogP) is 2.06. The topological polar surface area (TPSA) is 57.7 Å². The number of hydrogen-bond acceptors (Lipinski definition) is 4. The van der Waals surface area contributed by atoms with E-state index < -0.39 is 0 Å². The third-order valence-electron chi connectivity index (χ3n) is 3.62. The van der Waals surface area contributed by atoms with Crippen LogP contribution in [0.4, 0.5) is 0 Å². The van der Waals surface area contributed by atoms with E-state index in [-0.39, 0.29) is 5.41 Å². The summed E-state index contributed by atoms with van der Waals surface area (Å²) in [6.45, 7) is 9.21. The molecule has 1 N–H and O–H groups in total. The van der Waals surface area contributed by atoms with Crippen molar-refractivity contribution in [3.05, 3.63) is 41.5 Å². The molecule has 5 heteroatoms. The van der Waals surface area contributed by atoms with E-state index in [1.807, 2.05) is 12.4 Å². The van der Waals surface area contributed by atoms with E-state index in [1.54, 1.807) is 6.20 Å². The third kappa shape index (κ3) is 2.72. The van der Waals surface area contributed by atoms with E-state index in [4.69, 9.17) is 4.98 Å². The fraction of sp³-hybridized carbons (Fsp3) is 0.533. The Morgan fingerprint density at radius 2 is 2.15 bits per heavy atom. The molecule has 0 fully saturated rings. The van der Waals surface area contributed by atoms with Gasteiger partial charge < -0.3 is 4.98 Å². The second kappa shape index (κ2) is 4.98. The van der Waals surface area contributed by atoms with Crippen LogP contribution >= 0.6 is 0 Å². The highest BCUT2D eigenvalue weighted by Gasteiger charge is 2.23. The van der Waals surface area contributed by atoms with Gasteiger partial charge in [0, 0.05) is 37.1 Å². The highest BCUT2D eigenvalue weighted by Crippen LogP contribution is 2.22. The smallest absolute Gasteiger partial charge is 0.133 e. The molecule has 0 unspecified atom stereocenters. The average molecular weight is 271 g/mol. The van der Waals surface area contributed by atoms with Gasteiger partial charge in [-0.05, 0) is 12.0 Å². The standard InChI is InChI=1S/C15H21N5/c1-15(2,3)14-18-8-11-4-7-20(9-12(11)19-14)10-13-16-5-6-17-13/h5-6,8H,4,7,9-10H2,1-3H3,(H,16,17). The van der Waals surface area contributed by atoms with Gasteiger partial charge in [-0.25, -0.2) is 15.0 Å². The maximum atomic E-state index is 4.78. The largest absolute Gasteiger partial charge is 0.348 e. The minimum absolute atomic E-state index is 0.00167. The number of nitrogens with zero attached hydrogens (tertiary/aromatic N) is 4. The molecule has 2 aromatic heterocycles. The third-order valence-corrected chi connectivity index (χ3v) is 3.62. The van der Waals surface area contributed by atoms with Crippen LogP contribution in [0.25, 0.3) is 0 Å². The molecule has 0 bridgehead atoms. The van der Waals surface area contributed by atoms with E-state index in [0.717, 1.165) is 37.7 Å². The number of fused-ring (bicyclic) bond motifs is 1. The molecule has 1 aliphatic heterocycles. The van der Waals surface area contributed by atoms with Crippen molar-refractivity contribution in [2.24, 2.45) is 0 Å². The summed E-state index contributed by atoms with van der Waals surface area (Å²) in [4.78, 5) is 19.1. The zero-order valence-corrected chi connectivity index (χ0v) is 12.3. The summed E-state index contributed by atoms with van der Waals surface area (Å²) in [6, 6.07) is 0. The van der Waals surface area contributed by atoms with E-state index >= 15 is 0 Å². The summed E-state index contributed by atoms with van der Waals surface area (Å²) in [5.41, 5.74) is 2.45. The monoisotopic (exact) mass is 271 g/mol. The lowest BCUT2D eigenvalue weighted by molar-refractivity contribution is 0.235. The molecule has 0 aromatic carbocycles. The van der Waals surface area contributed by atoms with Crippen LogP contribution < -0.4 is 0 Å². The van der Waals surface area contributed by atoms with Crippen molar-refractivity contribution in [3.8, 4) is 0 Å². The average Bonchev–Trinajstić information content (AvgIpc) is 2.90. The van der Waals surface area contributed by atoms with E-state index in [1.165, 1.54) is 11.3 Å². The molecule has 1 aliphatic rings. The first-order valence-corrected chi connectivity index (χ1v) is 7.08. The normalized spacial score (nSPS) is 16.1. The highest BCUT2D eigenvalue weighted by atomic mass is 15.2. The van der Waals surface area contributed by atoms with Crippen molar-refractivity contribution < 1.29 is 0 Å². The van der Waals surface area contributed by atoms with Crippen LogP contribution in [0.1, 0.15) is 43.7 Å². The number of hydrogen-bond donors (Lipinski definition) is 1. The van der Waals surface area contributed by atoms with Gasteiger partial charge in [0.05, 0.1) is 12.2 Å². The number of aromatic nitrogens is 4. The van der Waals surface area contributed by atoms with Crippen LogP contribution in [0.3, 0.4) is 0 Å². The molecule has 0 saturated carbocycles. The molecule has 0 atom stereocenters. The maximum Gasteiger partial charge on any atom is 0.133 e. The van der Waals surface area contributed by atoms with Crippen LogP contribution in [0.5, 0.6) is 0 Å². The Morgan fingerprint density at radius 3 is 2.85 bits per heavy atom. The van der Waals surface area contributed by atoms with Crippen LogP contribution in [-0.2, 0) is 24.9 Å². The summed E-state index contributed by atoms with van der Waals surface area (Å²) < 4.78 is 0. The Kier molecular flexibility index (Phi) is 3.30. The molecule has 2 aromatic rings. The molecular formula is C15H21N5. The van der Waals surface area contributed by atoms with Gasteiger partial charge in [-0.3, -0.25) is 4.90 Å². The number of imidazole rings is 1.